The second-order valence-corrected chi connectivity index (χ2v) is 5.24. The molecule has 0 amide bonds. The van der Waals surface area contributed by atoms with Crippen LogP contribution >= 0.6 is 27.5 Å². The molecule has 0 spiro atoms. The third-order valence-corrected chi connectivity index (χ3v) is 3.78. The quantitative estimate of drug-likeness (QED) is 0.482. The lowest BCUT2D eigenvalue weighted by Gasteiger charge is -2.14. The summed E-state index contributed by atoms with van der Waals surface area (Å²) >= 11 is 9.56. The smallest absolute Gasteiger partial charge is 0.0472 e. The minimum Gasteiger partial charge on any atom is -0.381 e. The van der Waals surface area contributed by atoms with Crippen molar-refractivity contribution in [3.63, 3.8) is 0 Å². The molecule has 0 radical (unpaired) electrons. The number of benzene rings is 1. The van der Waals surface area contributed by atoms with Crippen LogP contribution in [0.15, 0.2) is 24.3 Å². The molecule has 1 aromatic carbocycles. The second-order valence-electron chi connectivity index (χ2n) is 4.16. The Kier molecular flexibility index (Phi) is 7.91. The van der Waals surface area contributed by atoms with Crippen molar-refractivity contribution in [2.75, 3.05) is 18.5 Å². The molecule has 0 bridgehead atoms. The maximum Gasteiger partial charge on any atom is 0.0472 e. The molecule has 17 heavy (non-hydrogen) atoms. The zero-order valence-electron chi connectivity index (χ0n) is 10.3. The van der Waals surface area contributed by atoms with Gasteiger partial charge in [0.25, 0.3) is 0 Å². The van der Waals surface area contributed by atoms with Gasteiger partial charge in [0.1, 0.15) is 0 Å². The van der Waals surface area contributed by atoms with Gasteiger partial charge in [-0.15, -0.1) is 0 Å². The van der Waals surface area contributed by atoms with Crippen molar-refractivity contribution in [1.82, 2.24) is 0 Å². The third-order valence-electron chi connectivity index (χ3n) is 2.76. The third kappa shape index (κ3) is 5.89. The molecule has 3 heteroatoms. The molecule has 1 unspecified atom stereocenters. The Morgan fingerprint density at radius 1 is 1.35 bits per heavy atom. The lowest BCUT2D eigenvalue weighted by Crippen LogP contribution is -2.06. The number of hydrogen-bond acceptors (Lipinski definition) is 1. The van der Waals surface area contributed by atoms with Crippen LogP contribution in [-0.2, 0) is 4.74 Å². The van der Waals surface area contributed by atoms with Crippen molar-refractivity contribution in [2.45, 2.75) is 32.1 Å². The standard InChI is InChI=1S/C14H20BrClO/c1-2-3-8-17-9-7-13(11-15)12-5-4-6-14(16)10-12/h4-6,10,13H,2-3,7-9,11H2,1H3. The van der Waals surface area contributed by atoms with Crippen LogP contribution < -0.4 is 0 Å². The van der Waals surface area contributed by atoms with E-state index in [0.29, 0.717) is 5.92 Å². The Hall–Kier alpha value is -0.0500. The van der Waals surface area contributed by atoms with E-state index in [1.54, 1.807) is 0 Å². The maximum atomic E-state index is 6.00. The summed E-state index contributed by atoms with van der Waals surface area (Å²) in [5.41, 5.74) is 1.29. The van der Waals surface area contributed by atoms with Crippen LogP contribution in [0.2, 0.25) is 5.02 Å². The van der Waals surface area contributed by atoms with E-state index in [-0.39, 0.29) is 0 Å². The van der Waals surface area contributed by atoms with Crippen LogP contribution in [0.1, 0.15) is 37.7 Å². The molecular weight excluding hydrogens is 300 g/mol. The van der Waals surface area contributed by atoms with Crippen LogP contribution in [0.4, 0.5) is 0 Å². The minimum absolute atomic E-state index is 0.482. The van der Waals surface area contributed by atoms with E-state index < -0.39 is 0 Å². The zero-order valence-corrected chi connectivity index (χ0v) is 12.6. The largest absolute Gasteiger partial charge is 0.381 e. The van der Waals surface area contributed by atoms with E-state index in [1.165, 1.54) is 12.0 Å². The summed E-state index contributed by atoms with van der Waals surface area (Å²) in [5.74, 6) is 0.482. The van der Waals surface area contributed by atoms with Gasteiger partial charge in [-0.3, -0.25) is 0 Å². The summed E-state index contributed by atoms with van der Waals surface area (Å²) in [6.07, 6.45) is 3.38. The second kappa shape index (κ2) is 8.96. The average Bonchev–Trinajstić information content (AvgIpc) is 2.34. The van der Waals surface area contributed by atoms with Crippen LogP contribution in [0.3, 0.4) is 0 Å². The van der Waals surface area contributed by atoms with Gasteiger partial charge in [0, 0.05) is 23.6 Å². The number of rotatable bonds is 8. The summed E-state index contributed by atoms with van der Waals surface area (Å²) in [6, 6.07) is 8.09. The molecule has 0 aromatic heterocycles. The summed E-state index contributed by atoms with van der Waals surface area (Å²) in [4.78, 5) is 0. The highest BCUT2D eigenvalue weighted by atomic mass is 79.9. The van der Waals surface area contributed by atoms with Crippen molar-refractivity contribution in [3.8, 4) is 0 Å². The molecule has 1 rings (SSSR count). The number of ether oxygens (including phenoxy) is 1. The van der Waals surface area contributed by atoms with E-state index in [1.807, 2.05) is 18.2 Å². The number of unbranched alkanes of at least 4 members (excludes halogenated alkanes) is 1. The van der Waals surface area contributed by atoms with E-state index in [4.69, 9.17) is 16.3 Å². The van der Waals surface area contributed by atoms with Crippen LogP contribution in [0, 0.1) is 0 Å². The first kappa shape index (κ1) is 15.0. The van der Waals surface area contributed by atoms with Gasteiger partial charge in [0.15, 0.2) is 0 Å². The predicted octanol–water partition coefficient (Wildman–Crippen LogP) is 5.03. The molecule has 0 aliphatic heterocycles. The monoisotopic (exact) mass is 318 g/mol. The van der Waals surface area contributed by atoms with Gasteiger partial charge < -0.3 is 4.74 Å². The Morgan fingerprint density at radius 2 is 2.18 bits per heavy atom. The SMILES string of the molecule is CCCCOCCC(CBr)c1cccc(Cl)c1. The Labute approximate surface area is 118 Å². The lowest BCUT2D eigenvalue weighted by atomic mass is 9.98. The Morgan fingerprint density at radius 3 is 2.82 bits per heavy atom. The highest BCUT2D eigenvalue weighted by Gasteiger charge is 2.10. The Bertz CT molecular complexity index is 317. The molecule has 0 aliphatic rings. The van der Waals surface area contributed by atoms with Crippen molar-refractivity contribution < 1.29 is 4.74 Å². The summed E-state index contributed by atoms with van der Waals surface area (Å²) < 4.78 is 5.60. The van der Waals surface area contributed by atoms with Crippen LogP contribution in [0.25, 0.3) is 0 Å². The number of alkyl halides is 1. The fourth-order valence-corrected chi connectivity index (χ4v) is 2.56. The van der Waals surface area contributed by atoms with E-state index in [2.05, 4.69) is 28.9 Å². The van der Waals surface area contributed by atoms with Crippen molar-refractivity contribution >= 4 is 27.5 Å². The molecule has 0 fully saturated rings. The van der Waals surface area contributed by atoms with E-state index >= 15 is 0 Å². The minimum atomic E-state index is 0.482. The molecule has 1 atom stereocenters. The predicted molar refractivity (Wildman–Crippen MR) is 78.3 cm³/mol. The van der Waals surface area contributed by atoms with Gasteiger partial charge in [0.2, 0.25) is 0 Å². The molecule has 1 aromatic rings. The van der Waals surface area contributed by atoms with E-state index in [0.717, 1.165) is 36.4 Å². The Balaban J connectivity index is 2.38. The first-order valence-electron chi connectivity index (χ1n) is 6.17. The number of halogens is 2. The van der Waals surface area contributed by atoms with Gasteiger partial charge >= 0.3 is 0 Å². The van der Waals surface area contributed by atoms with Crippen molar-refractivity contribution in [3.05, 3.63) is 34.9 Å². The lowest BCUT2D eigenvalue weighted by molar-refractivity contribution is 0.125. The topological polar surface area (TPSA) is 9.23 Å². The van der Waals surface area contributed by atoms with Gasteiger partial charge in [-0.25, -0.2) is 0 Å². The molecule has 0 heterocycles. The van der Waals surface area contributed by atoms with Crippen LogP contribution in [0.5, 0.6) is 0 Å². The van der Waals surface area contributed by atoms with Crippen LogP contribution in [-0.4, -0.2) is 18.5 Å². The summed E-state index contributed by atoms with van der Waals surface area (Å²) in [5, 5.41) is 1.75. The molecule has 1 nitrogen and oxygen atoms in total. The first-order valence-corrected chi connectivity index (χ1v) is 7.67. The fourth-order valence-electron chi connectivity index (χ4n) is 1.67. The highest BCUT2D eigenvalue weighted by molar-refractivity contribution is 9.09. The van der Waals surface area contributed by atoms with Gasteiger partial charge in [0.05, 0.1) is 0 Å². The van der Waals surface area contributed by atoms with Gasteiger partial charge in [-0.05, 0) is 36.5 Å². The maximum absolute atomic E-state index is 6.00. The molecular formula is C14H20BrClO. The zero-order chi connectivity index (χ0) is 12.5. The van der Waals surface area contributed by atoms with Crippen molar-refractivity contribution in [2.24, 2.45) is 0 Å². The normalized spacial score (nSPS) is 12.6. The average molecular weight is 320 g/mol. The van der Waals surface area contributed by atoms with E-state index in [9.17, 15) is 0 Å². The molecule has 0 aliphatic carbocycles. The number of hydrogen-bond donors (Lipinski definition) is 0. The highest BCUT2D eigenvalue weighted by Crippen LogP contribution is 2.24. The molecule has 0 saturated heterocycles. The fraction of sp³-hybridized carbons (Fsp3) is 0.571. The van der Waals surface area contributed by atoms with Gasteiger partial charge in [-0.2, -0.15) is 0 Å². The van der Waals surface area contributed by atoms with Gasteiger partial charge in [-0.1, -0.05) is 53.0 Å². The molecule has 96 valence electrons. The first-order chi connectivity index (χ1) is 8.27. The molecule has 0 saturated carbocycles. The summed E-state index contributed by atoms with van der Waals surface area (Å²) in [6.45, 7) is 3.88. The molecule has 0 N–H and O–H groups in total. The summed E-state index contributed by atoms with van der Waals surface area (Å²) in [7, 11) is 0. The van der Waals surface area contributed by atoms with Crippen molar-refractivity contribution in [1.29, 1.82) is 0 Å².